The van der Waals surface area contributed by atoms with Gasteiger partial charge in [0.25, 0.3) is 5.91 Å². The van der Waals surface area contributed by atoms with Crippen molar-refractivity contribution in [2.45, 2.75) is 23.8 Å². The second-order valence-corrected chi connectivity index (χ2v) is 6.89. The van der Waals surface area contributed by atoms with Gasteiger partial charge in [-0.3, -0.25) is 9.59 Å². The molecule has 2 N–H and O–H groups in total. The average molecular weight is 356 g/mol. The van der Waals surface area contributed by atoms with E-state index in [0.29, 0.717) is 17.3 Å². The van der Waals surface area contributed by atoms with Crippen LogP contribution in [-0.4, -0.2) is 30.7 Å². The molecule has 1 fully saturated rings. The fraction of sp³-hybridized carbons (Fsp3) is 0.263. The van der Waals surface area contributed by atoms with Crippen molar-refractivity contribution in [2.24, 2.45) is 0 Å². The quantitative estimate of drug-likeness (QED) is 0.747. The zero-order chi connectivity index (χ0) is 17.6. The van der Waals surface area contributed by atoms with Gasteiger partial charge in [0.2, 0.25) is 5.91 Å². The molecule has 25 heavy (non-hydrogen) atoms. The van der Waals surface area contributed by atoms with Crippen LogP contribution in [0, 0.1) is 0 Å². The Morgan fingerprint density at radius 2 is 1.96 bits per heavy atom. The summed E-state index contributed by atoms with van der Waals surface area (Å²) in [5.41, 5.74) is 1.19. The molecule has 1 saturated carbocycles. The first-order valence-electron chi connectivity index (χ1n) is 8.11. The van der Waals surface area contributed by atoms with E-state index in [4.69, 9.17) is 4.74 Å². The maximum atomic E-state index is 12.1. The highest BCUT2D eigenvalue weighted by Crippen LogP contribution is 2.23. The highest BCUT2D eigenvalue weighted by molar-refractivity contribution is 8.00. The molecule has 1 aliphatic carbocycles. The van der Waals surface area contributed by atoms with Crippen molar-refractivity contribution < 1.29 is 14.3 Å². The molecule has 5 nitrogen and oxygen atoms in total. The van der Waals surface area contributed by atoms with Crippen molar-refractivity contribution in [2.75, 3.05) is 18.2 Å². The highest BCUT2D eigenvalue weighted by atomic mass is 32.2. The first-order chi connectivity index (χ1) is 12.1. The van der Waals surface area contributed by atoms with Crippen LogP contribution in [0.5, 0.6) is 5.75 Å². The summed E-state index contributed by atoms with van der Waals surface area (Å²) in [6.07, 6.45) is 2.09. The summed E-state index contributed by atoms with van der Waals surface area (Å²) in [7, 11) is 1.61. The van der Waals surface area contributed by atoms with Crippen molar-refractivity contribution >= 4 is 29.3 Å². The van der Waals surface area contributed by atoms with Crippen LogP contribution in [0.4, 0.5) is 5.69 Å². The summed E-state index contributed by atoms with van der Waals surface area (Å²) >= 11 is 1.43. The van der Waals surface area contributed by atoms with E-state index in [-0.39, 0.29) is 17.6 Å². The highest BCUT2D eigenvalue weighted by Gasteiger charge is 2.23. The van der Waals surface area contributed by atoms with Gasteiger partial charge in [0.05, 0.1) is 12.9 Å². The van der Waals surface area contributed by atoms with Crippen molar-refractivity contribution in [3.05, 3.63) is 54.1 Å². The fourth-order valence-corrected chi connectivity index (χ4v) is 3.02. The molecule has 3 rings (SSSR count). The Hall–Kier alpha value is -2.47. The summed E-state index contributed by atoms with van der Waals surface area (Å²) in [6.45, 7) is 0. The molecule has 2 aromatic rings. The second kappa shape index (κ2) is 8.07. The number of hydrogen-bond acceptors (Lipinski definition) is 4. The van der Waals surface area contributed by atoms with Gasteiger partial charge >= 0.3 is 0 Å². The predicted molar refractivity (Wildman–Crippen MR) is 99.3 cm³/mol. The van der Waals surface area contributed by atoms with Gasteiger partial charge < -0.3 is 15.4 Å². The number of amides is 2. The van der Waals surface area contributed by atoms with Crippen LogP contribution in [0.25, 0.3) is 0 Å². The van der Waals surface area contributed by atoms with Gasteiger partial charge in [0.15, 0.2) is 0 Å². The van der Waals surface area contributed by atoms with Crippen LogP contribution in [0.2, 0.25) is 0 Å². The Kier molecular flexibility index (Phi) is 5.60. The zero-order valence-corrected chi connectivity index (χ0v) is 14.8. The van der Waals surface area contributed by atoms with Crippen molar-refractivity contribution in [1.29, 1.82) is 0 Å². The van der Waals surface area contributed by atoms with E-state index in [1.54, 1.807) is 31.4 Å². The molecule has 0 aromatic heterocycles. The van der Waals surface area contributed by atoms with Crippen molar-refractivity contribution in [3.8, 4) is 5.75 Å². The van der Waals surface area contributed by atoms with Crippen molar-refractivity contribution in [1.82, 2.24) is 5.32 Å². The molecule has 0 aliphatic heterocycles. The van der Waals surface area contributed by atoms with E-state index < -0.39 is 0 Å². The minimum atomic E-state index is -0.118. The SMILES string of the molecule is COc1cccc(SCC(=O)Nc2cccc(C(=O)NC3CC3)c2)c1. The Labute approximate surface area is 151 Å². The number of nitrogens with one attached hydrogen (secondary N) is 2. The molecule has 0 radical (unpaired) electrons. The molecular formula is C19H20N2O3S. The molecule has 0 bridgehead atoms. The van der Waals surface area contributed by atoms with Gasteiger partial charge in [0, 0.05) is 22.2 Å². The van der Waals surface area contributed by atoms with Crippen LogP contribution in [0.1, 0.15) is 23.2 Å². The number of carbonyl (C=O) groups excluding carboxylic acids is 2. The molecule has 0 unspecified atom stereocenters. The second-order valence-electron chi connectivity index (χ2n) is 5.84. The Morgan fingerprint density at radius 3 is 2.72 bits per heavy atom. The van der Waals surface area contributed by atoms with Gasteiger partial charge in [-0.25, -0.2) is 0 Å². The Morgan fingerprint density at radius 1 is 1.16 bits per heavy atom. The maximum Gasteiger partial charge on any atom is 0.251 e. The van der Waals surface area contributed by atoms with Crippen LogP contribution >= 0.6 is 11.8 Å². The van der Waals surface area contributed by atoms with Gasteiger partial charge in [-0.1, -0.05) is 12.1 Å². The Bertz CT molecular complexity index is 775. The molecule has 2 amide bonds. The first-order valence-corrected chi connectivity index (χ1v) is 9.10. The van der Waals surface area contributed by atoms with E-state index in [9.17, 15) is 9.59 Å². The fourth-order valence-electron chi connectivity index (χ4n) is 2.27. The number of rotatable bonds is 7. The maximum absolute atomic E-state index is 12.1. The summed E-state index contributed by atoms with van der Waals surface area (Å²) in [5.74, 6) is 0.836. The monoisotopic (exact) mass is 356 g/mol. The van der Waals surface area contributed by atoms with Gasteiger partial charge in [-0.2, -0.15) is 0 Å². The molecular weight excluding hydrogens is 336 g/mol. The van der Waals surface area contributed by atoms with Gasteiger partial charge in [0.1, 0.15) is 5.75 Å². The van der Waals surface area contributed by atoms with E-state index in [1.807, 2.05) is 24.3 Å². The predicted octanol–water partition coefficient (Wildman–Crippen LogP) is 3.32. The standard InChI is InChI=1S/C19H20N2O3S/c1-24-16-6-3-7-17(11-16)25-12-18(22)20-15-5-2-4-13(10-15)19(23)21-14-8-9-14/h2-7,10-11,14H,8-9,12H2,1H3,(H,20,22)(H,21,23). The topological polar surface area (TPSA) is 67.4 Å². The molecule has 2 aromatic carbocycles. The summed E-state index contributed by atoms with van der Waals surface area (Å²) in [6, 6.07) is 14.9. The van der Waals surface area contributed by atoms with Crippen LogP contribution < -0.4 is 15.4 Å². The molecule has 130 valence electrons. The third-order valence-electron chi connectivity index (χ3n) is 3.73. The van der Waals surface area contributed by atoms with Crippen molar-refractivity contribution in [3.63, 3.8) is 0 Å². The lowest BCUT2D eigenvalue weighted by atomic mass is 10.2. The summed E-state index contributed by atoms with van der Waals surface area (Å²) in [5, 5.41) is 5.77. The number of carbonyl (C=O) groups is 2. The third kappa shape index (κ3) is 5.26. The lowest BCUT2D eigenvalue weighted by Crippen LogP contribution is -2.25. The largest absolute Gasteiger partial charge is 0.497 e. The summed E-state index contributed by atoms with van der Waals surface area (Å²) < 4.78 is 5.17. The van der Waals surface area contributed by atoms with Crippen LogP contribution in [0.3, 0.4) is 0 Å². The minimum Gasteiger partial charge on any atom is -0.497 e. The molecule has 1 aliphatic rings. The van der Waals surface area contributed by atoms with Crippen LogP contribution in [0.15, 0.2) is 53.4 Å². The lowest BCUT2D eigenvalue weighted by Gasteiger charge is -2.08. The van der Waals surface area contributed by atoms with E-state index in [2.05, 4.69) is 10.6 Å². The van der Waals surface area contributed by atoms with E-state index in [0.717, 1.165) is 23.5 Å². The lowest BCUT2D eigenvalue weighted by molar-refractivity contribution is -0.113. The number of hydrogen-bond donors (Lipinski definition) is 2. The third-order valence-corrected chi connectivity index (χ3v) is 4.73. The number of anilines is 1. The number of methoxy groups -OCH3 is 1. The molecule has 0 heterocycles. The molecule has 0 atom stereocenters. The van der Waals surface area contributed by atoms with Gasteiger partial charge in [-0.15, -0.1) is 11.8 Å². The zero-order valence-electron chi connectivity index (χ0n) is 14.0. The molecule has 6 heteroatoms. The molecule has 0 spiro atoms. The summed E-state index contributed by atoms with van der Waals surface area (Å²) in [4.78, 5) is 25.2. The Balaban J connectivity index is 1.54. The number of benzene rings is 2. The minimum absolute atomic E-state index is 0.0932. The molecule has 0 saturated heterocycles. The normalized spacial score (nSPS) is 13.2. The smallest absolute Gasteiger partial charge is 0.251 e. The number of thioether (sulfide) groups is 1. The van der Waals surface area contributed by atoms with E-state index in [1.165, 1.54) is 11.8 Å². The van der Waals surface area contributed by atoms with Gasteiger partial charge in [-0.05, 0) is 49.2 Å². The first kappa shape index (κ1) is 17.4. The average Bonchev–Trinajstić information content (AvgIpc) is 3.44. The number of ether oxygens (including phenoxy) is 1. The van der Waals surface area contributed by atoms with E-state index >= 15 is 0 Å². The van der Waals surface area contributed by atoms with Crippen LogP contribution in [-0.2, 0) is 4.79 Å².